The van der Waals surface area contributed by atoms with Gasteiger partial charge in [0, 0.05) is 17.8 Å². The summed E-state index contributed by atoms with van der Waals surface area (Å²) in [5.41, 5.74) is 9.12. The highest BCUT2D eigenvalue weighted by molar-refractivity contribution is 6.04. The Morgan fingerprint density at radius 3 is 2.35 bits per heavy atom. The normalized spacial score (nSPS) is 11.4. The van der Waals surface area contributed by atoms with E-state index in [-0.39, 0.29) is 30.1 Å². The quantitative estimate of drug-likeness (QED) is 0.724. The molecule has 0 fully saturated rings. The average Bonchev–Trinajstić information content (AvgIpc) is 2.59. The molecule has 0 aliphatic rings. The molecule has 0 aliphatic heterocycles. The number of hydrogen-bond acceptors (Lipinski definition) is 3. The highest BCUT2D eigenvalue weighted by Gasteiger charge is 2.16. The minimum Gasteiger partial charge on any atom is -0.351 e. The van der Waals surface area contributed by atoms with Gasteiger partial charge in [-0.15, -0.1) is 12.4 Å². The Bertz CT molecular complexity index is 745. The van der Waals surface area contributed by atoms with Crippen molar-refractivity contribution in [3.05, 3.63) is 65.2 Å². The van der Waals surface area contributed by atoms with Crippen molar-refractivity contribution in [2.75, 3.05) is 5.32 Å². The molecule has 0 aliphatic carbocycles. The van der Waals surface area contributed by atoms with Crippen LogP contribution in [0.1, 0.15) is 35.3 Å². The van der Waals surface area contributed by atoms with Crippen LogP contribution in [0, 0.1) is 12.8 Å². The maximum Gasteiger partial charge on any atom is 0.255 e. The molecule has 2 aromatic rings. The van der Waals surface area contributed by atoms with Gasteiger partial charge < -0.3 is 16.4 Å². The predicted molar refractivity (Wildman–Crippen MR) is 107 cm³/mol. The fraction of sp³-hybridized carbons (Fsp3) is 0.300. The molecule has 2 amide bonds. The molecule has 0 heterocycles. The third-order valence-electron chi connectivity index (χ3n) is 3.99. The Kier molecular flexibility index (Phi) is 8.29. The summed E-state index contributed by atoms with van der Waals surface area (Å²) in [4.78, 5) is 24.2. The number of carbonyl (C=O) groups excluding carboxylic acids is 2. The minimum atomic E-state index is -0.524. The fourth-order valence-corrected chi connectivity index (χ4v) is 2.28. The minimum absolute atomic E-state index is 0. The summed E-state index contributed by atoms with van der Waals surface area (Å²) in [6.45, 7) is 6.16. The van der Waals surface area contributed by atoms with E-state index in [4.69, 9.17) is 5.73 Å². The van der Waals surface area contributed by atoms with Crippen molar-refractivity contribution < 1.29 is 9.59 Å². The third-order valence-corrected chi connectivity index (χ3v) is 3.99. The Balaban J connectivity index is 0.00000338. The number of benzene rings is 2. The first kappa shape index (κ1) is 21.7. The number of amides is 2. The van der Waals surface area contributed by atoms with E-state index in [2.05, 4.69) is 10.6 Å². The topological polar surface area (TPSA) is 84.2 Å². The van der Waals surface area contributed by atoms with Crippen LogP contribution in [0.3, 0.4) is 0 Å². The van der Waals surface area contributed by atoms with Crippen molar-refractivity contribution in [2.45, 2.75) is 33.4 Å². The summed E-state index contributed by atoms with van der Waals surface area (Å²) < 4.78 is 0. The van der Waals surface area contributed by atoms with Gasteiger partial charge in [-0.05, 0) is 42.7 Å². The van der Waals surface area contributed by atoms with Crippen molar-refractivity contribution in [2.24, 2.45) is 11.7 Å². The van der Waals surface area contributed by atoms with Crippen molar-refractivity contribution in [3.63, 3.8) is 0 Å². The first-order valence-corrected chi connectivity index (χ1v) is 8.37. The molecule has 6 heteroatoms. The molecular formula is C20H26ClN3O2. The van der Waals surface area contributed by atoms with E-state index in [0.717, 1.165) is 11.1 Å². The Hall–Kier alpha value is -2.37. The zero-order chi connectivity index (χ0) is 18.4. The van der Waals surface area contributed by atoms with Crippen LogP contribution in [-0.4, -0.2) is 17.9 Å². The molecule has 5 nitrogen and oxygen atoms in total. The smallest absolute Gasteiger partial charge is 0.255 e. The Morgan fingerprint density at radius 1 is 1.08 bits per heavy atom. The van der Waals surface area contributed by atoms with Crippen LogP contribution in [-0.2, 0) is 11.3 Å². The summed E-state index contributed by atoms with van der Waals surface area (Å²) in [5.74, 6) is -0.257. The van der Waals surface area contributed by atoms with E-state index >= 15 is 0 Å². The van der Waals surface area contributed by atoms with Crippen LogP contribution in [0.2, 0.25) is 0 Å². The number of carbonyl (C=O) groups is 2. The van der Waals surface area contributed by atoms with E-state index < -0.39 is 6.04 Å². The van der Waals surface area contributed by atoms with Crippen LogP contribution in [0.15, 0.2) is 48.5 Å². The fourth-order valence-electron chi connectivity index (χ4n) is 2.28. The number of aryl methyl sites for hydroxylation is 1. The van der Waals surface area contributed by atoms with E-state index in [9.17, 15) is 9.59 Å². The molecule has 0 saturated heterocycles. The number of nitrogens with one attached hydrogen (secondary N) is 2. The maximum atomic E-state index is 12.3. The van der Waals surface area contributed by atoms with Gasteiger partial charge in [0.15, 0.2) is 0 Å². The van der Waals surface area contributed by atoms with Crippen LogP contribution in [0.25, 0.3) is 0 Å². The Labute approximate surface area is 160 Å². The molecule has 26 heavy (non-hydrogen) atoms. The third kappa shape index (κ3) is 6.17. The predicted octanol–water partition coefficient (Wildman–Crippen LogP) is 3.27. The lowest BCUT2D eigenvalue weighted by molar-refractivity contribution is -0.123. The second-order valence-corrected chi connectivity index (χ2v) is 6.51. The van der Waals surface area contributed by atoms with Gasteiger partial charge in [0.25, 0.3) is 5.91 Å². The van der Waals surface area contributed by atoms with Gasteiger partial charge in [0.2, 0.25) is 5.91 Å². The summed E-state index contributed by atoms with van der Waals surface area (Å²) in [6, 6.07) is 14.3. The Morgan fingerprint density at radius 2 is 1.73 bits per heavy atom. The molecule has 0 unspecified atom stereocenters. The van der Waals surface area contributed by atoms with Crippen LogP contribution >= 0.6 is 12.4 Å². The molecule has 140 valence electrons. The molecular weight excluding hydrogens is 350 g/mol. The van der Waals surface area contributed by atoms with E-state index in [1.807, 2.05) is 57.2 Å². The number of rotatable bonds is 6. The van der Waals surface area contributed by atoms with Gasteiger partial charge in [-0.3, -0.25) is 9.59 Å². The number of halogens is 1. The average molecular weight is 376 g/mol. The van der Waals surface area contributed by atoms with Crippen molar-refractivity contribution >= 4 is 29.9 Å². The van der Waals surface area contributed by atoms with E-state index in [0.29, 0.717) is 17.8 Å². The standard InChI is InChI=1S/C20H25N3O2.ClH/c1-13(2)18(21)20(25)22-12-15-5-4-6-17(11-15)23-19(24)16-9-7-14(3)8-10-16;/h4-11,13,18H,12,21H2,1-3H3,(H,22,25)(H,23,24);1H/t18-;/m0./s1. The van der Waals surface area contributed by atoms with Gasteiger partial charge in [0.1, 0.15) is 0 Å². The number of anilines is 1. The van der Waals surface area contributed by atoms with Crippen LogP contribution < -0.4 is 16.4 Å². The molecule has 0 radical (unpaired) electrons. The second-order valence-electron chi connectivity index (χ2n) is 6.51. The lowest BCUT2D eigenvalue weighted by Gasteiger charge is -2.15. The monoisotopic (exact) mass is 375 g/mol. The number of nitrogens with two attached hydrogens (primary N) is 1. The molecule has 2 rings (SSSR count). The molecule has 4 N–H and O–H groups in total. The van der Waals surface area contributed by atoms with Crippen LogP contribution in [0.5, 0.6) is 0 Å². The lowest BCUT2D eigenvalue weighted by atomic mass is 10.0. The summed E-state index contributed by atoms with van der Waals surface area (Å²) in [6.07, 6.45) is 0. The SMILES string of the molecule is Cc1ccc(C(=O)Nc2cccc(CNC(=O)[C@@H](N)C(C)C)c2)cc1.Cl. The lowest BCUT2D eigenvalue weighted by Crippen LogP contribution is -2.43. The van der Waals surface area contributed by atoms with E-state index in [1.165, 1.54) is 0 Å². The molecule has 1 atom stereocenters. The summed E-state index contributed by atoms with van der Waals surface area (Å²) >= 11 is 0. The molecule has 0 aromatic heterocycles. The first-order valence-electron chi connectivity index (χ1n) is 8.37. The van der Waals surface area contributed by atoms with Gasteiger partial charge in [-0.25, -0.2) is 0 Å². The zero-order valence-corrected chi connectivity index (χ0v) is 16.1. The van der Waals surface area contributed by atoms with Crippen molar-refractivity contribution in [3.8, 4) is 0 Å². The molecule has 0 saturated carbocycles. The zero-order valence-electron chi connectivity index (χ0n) is 15.3. The largest absolute Gasteiger partial charge is 0.351 e. The first-order chi connectivity index (χ1) is 11.9. The van der Waals surface area contributed by atoms with Gasteiger partial charge in [-0.1, -0.05) is 43.7 Å². The van der Waals surface area contributed by atoms with Crippen molar-refractivity contribution in [1.29, 1.82) is 0 Å². The molecule has 0 spiro atoms. The number of hydrogen-bond donors (Lipinski definition) is 3. The van der Waals surface area contributed by atoms with Gasteiger partial charge in [0.05, 0.1) is 6.04 Å². The van der Waals surface area contributed by atoms with Gasteiger partial charge in [-0.2, -0.15) is 0 Å². The van der Waals surface area contributed by atoms with Crippen LogP contribution in [0.4, 0.5) is 5.69 Å². The highest BCUT2D eigenvalue weighted by Crippen LogP contribution is 2.13. The summed E-state index contributed by atoms with van der Waals surface area (Å²) in [5, 5.41) is 5.69. The maximum absolute atomic E-state index is 12.3. The van der Waals surface area contributed by atoms with Gasteiger partial charge >= 0.3 is 0 Å². The molecule has 2 aromatic carbocycles. The highest BCUT2D eigenvalue weighted by atomic mass is 35.5. The van der Waals surface area contributed by atoms with E-state index in [1.54, 1.807) is 12.1 Å². The summed E-state index contributed by atoms with van der Waals surface area (Å²) in [7, 11) is 0. The molecule has 0 bridgehead atoms. The van der Waals surface area contributed by atoms with Crippen molar-refractivity contribution in [1.82, 2.24) is 5.32 Å². The second kappa shape index (κ2) is 9.94.